The van der Waals surface area contributed by atoms with Crippen molar-refractivity contribution in [3.05, 3.63) is 5.82 Å². The van der Waals surface area contributed by atoms with E-state index in [2.05, 4.69) is 20.3 Å². The molecule has 0 radical (unpaired) electrons. The monoisotopic (exact) mass is 238 g/mol. The Morgan fingerprint density at radius 1 is 1.53 bits per heavy atom. The number of ether oxygens (including phenoxy) is 1. The molecule has 3 N–H and O–H groups in total. The maximum atomic E-state index is 11.2. The fourth-order valence-electron chi connectivity index (χ4n) is 1.33. The van der Waals surface area contributed by atoms with Crippen LogP contribution in [0.3, 0.4) is 0 Å². The predicted octanol–water partition coefficient (Wildman–Crippen LogP) is -0.0279. The number of aryl methyl sites for hydroxylation is 2. The molecule has 0 aliphatic carbocycles. The topological polar surface area (TPSA) is 108 Å². The normalized spacial score (nSPS) is 11.3. The summed E-state index contributed by atoms with van der Waals surface area (Å²) in [6, 6.07) is -0.0362. The lowest BCUT2D eigenvalue weighted by Crippen LogP contribution is -2.23. The smallest absolute Gasteiger partial charge is 0.382 e. The summed E-state index contributed by atoms with van der Waals surface area (Å²) in [6.45, 7) is 1.68. The van der Waals surface area contributed by atoms with E-state index in [9.17, 15) is 4.79 Å². The van der Waals surface area contributed by atoms with Crippen LogP contribution in [0.15, 0.2) is 0 Å². The third-order valence-corrected chi connectivity index (χ3v) is 2.09. The van der Waals surface area contributed by atoms with Gasteiger partial charge in [0.25, 0.3) is 0 Å². The summed E-state index contributed by atoms with van der Waals surface area (Å²) < 4.78 is 13.7. The van der Waals surface area contributed by atoms with E-state index in [1.807, 2.05) is 0 Å². The van der Waals surface area contributed by atoms with Gasteiger partial charge in [-0.15, -0.1) is 0 Å². The SMILES string of the molecule is [3H]Cn1c(OC(=O)NC)nc2c(N)nc(C)nc21. The van der Waals surface area contributed by atoms with E-state index < -0.39 is 6.09 Å². The number of imidazole rings is 1. The van der Waals surface area contributed by atoms with Crippen LogP contribution in [0.4, 0.5) is 10.6 Å². The Kier molecular flexibility index (Phi) is 2.25. The van der Waals surface area contributed by atoms with Crippen LogP contribution in [0, 0.1) is 6.92 Å². The standard InChI is InChI=1S/C9H12N6O2/c1-4-12-6(10)5-7(13-4)15(3)8(14-5)17-9(16)11-2/h1-3H3,(H,11,16)(H2,10,12,13)/i3T. The van der Waals surface area contributed by atoms with Crippen LogP contribution in [0.2, 0.25) is 0 Å². The largest absolute Gasteiger partial charge is 0.414 e. The average molecular weight is 238 g/mol. The number of nitrogen functional groups attached to an aromatic ring is 1. The minimum absolute atomic E-state index is 0.0362. The molecule has 0 saturated heterocycles. The van der Waals surface area contributed by atoms with Gasteiger partial charge in [0.15, 0.2) is 17.0 Å². The first-order chi connectivity index (χ1) is 8.56. The van der Waals surface area contributed by atoms with Crippen LogP contribution in [-0.4, -0.2) is 32.7 Å². The van der Waals surface area contributed by atoms with Crippen molar-refractivity contribution >= 4 is 23.1 Å². The van der Waals surface area contributed by atoms with Crippen molar-refractivity contribution in [2.24, 2.45) is 7.02 Å². The van der Waals surface area contributed by atoms with Gasteiger partial charge in [0.2, 0.25) is 0 Å². The van der Waals surface area contributed by atoms with Gasteiger partial charge in [0.1, 0.15) is 5.82 Å². The molecule has 2 aromatic heterocycles. The first-order valence-electron chi connectivity index (χ1n) is 5.46. The number of nitrogens with two attached hydrogens (primary N) is 1. The third-order valence-electron chi connectivity index (χ3n) is 2.09. The van der Waals surface area contributed by atoms with Gasteiger partial charge in [-0.2, -0.15) is 4.98 Å². The summed E-state index contributed by atoms with van der Waals surface area (Å²) in [5.41, 5.74) is 6.39. The molecule has 0 aromatic carbocycles. The molecule has 0 atom stereocenters. The maximum absolute atomic E-state index is 11.2. The van der Waals surface area contributed by atoms with E-state index in [0.717, 1.165) is 0 Å². The van der Waals surface area contributed by atoms with E-state index in [4.69, 9.17) is 11.8 Å². The quantitative estimate of drug-likeness (QED) is 0.722. The van der Waals surface area contributed by atoms with Gasteiger partial charge in [-0.05, 0) is 6.92 Å². The molecule has 0 aliphatic rings. The second kappa shape index (κ2) is 3.89. The molecule has 0 unspecified atom stereocenters. The summed E-state index contributed by atoms with van der Waals surface area (Å²) in [5, 5.41) is 2.29. The van der Waals surface area contributed by atoms with E-state index in [0.29, 0.717) is 17.0 Å². The molecule has 2 rings (SSSR count). The van der Waals surface area contributed by atoms with Crippen molar-refractivity contribution < 1.29 is 10.9 Å². The molecule has 90 valence electrons. The fourth-order valence-corrected chi connectivity index (χ4v) is 1.33. The molecule has 0 bridgehead atoms. The molecule has 0 spiro atoms. The van der Waals surface area contributed by atoms with Crippen LogP contribution < -0.4 is 15.8 Å². The lowest BCUT2D eigenvalue weighted by atomic mass is 10.5. The number of nitrogens with one attached hydrogen (secondary N) is 1. The Labute approximate surface area is 98.2 Å². The van der Waals surface area contributed by atoms with Crippen molar-refractivity contribution in [1.82, 2.24) is 24.8 Å². The van der Waals surface area contributed by atoms with Crippen molar-refractivity contribution in [2.75, 3.05) is 12.8 Å². The zero-order valence-corrected chi connectivity index (χ0v) is 9.39. The number of hydrogen-bond acceptors (Lipinski definition) is 6. The zero-order chi connectivity index (χ0) is 13.3. The van der Waals surface area contributed by atoms with Gasteiger partial charge < -0.3 is 15.8 Å². The number of anilines is 1. The molecule has 2 aromatic rings. The summed E-state index contributed by atoms with van der Waals surface area (Å²) >= 11 is 0. The zero-order valence-electron chi connectivity index (χ0n) is 10.4. The van der Waals surface area contributed by atoms with Crippen LogP contribution in [0.25, 0.3) is 11.2 Å². The summed E-state index contributed by atoms with van der Waals surface area (Å²) in [6.07, 6.45) is -0.678. The number of fused-ring (bicyclic) bond motifs is 1. The maximum Gasteiger partial charge on any atom is 0.414 e. The first-order valence-corrected chi connectivity index (χ1v) is 4.76. The van der Waals surface area contributed by atoms with Crippen molar-refractivity contribution in [3.63, 3.8) is 0 Å². The van der Waals surface area contributed by atoms with E-state index in [1.54, 1.807) is 6.92 Å². The number of amides is 1. The minimum atomic E-state index is -0.678. The lowest BCUT2D eigenvalue weighted by molar-refractivity contribution is 0.197. The number of nitrogens with zero attached hydrogens (tertiary/aromatic N) is 4. The molecule has 2 heterocycles. The molecular formula is C9H12N6O2. The molecule has 8 nitrogen and oxygen atoms in total. The Bertz CT molecular complexity index is 611. The number of carbonyl (C=O) groups is 1. The van der Waals surface area contributed by atoms with Gasteiger partial charge in [-0.3, -0.25) is 4.57 Å². The van der Waals surface area contributed by atoms with E-state index in [1.165, 1.54) is 11.6 Å². The van der Waals surface area contributed by atoms with Crippen LogP contribution >= 0.6 is 0 Å². The van der Waals surface area contributed by atoms with Crippen LogP contribution in [0.1, 0.15) is 7.20 Å². The molecule has 0 fully saturated rings. The van der Waals surface area contributed by atoms with Crippen molar-refractivity contribution in [3.8, 4) is 6.01 Å². The highest BCUT2D eigenvalue weighted by atomic mass is 16.6. The highest BCUT2D eigenvalue weighted by Crippen LogP contribution is 2.21. The fraction of sp³-hybridized carbons (Fsp3) is 0.333. The first kappa shape index (κ1) is 9.82. The number of rotatable bonds is 1. The average Bonchev–Trinajstić information content (AvgIpc) is 2.66. The molecule has 0 aliphatic heterocycles. The minimum Gasteiger partial charge on any atom is -0.382 e. The lowest BCUT2D eigenvalue weighted by Gasteiger charge is -2.01. The summed E-state index contributed by atoms with van der Waals surface area (Å²) in [4.78, 5) is 23.3. The number of aromatic nitrogens is 4. The third kappa shape index (κ3) is 1.84. The number of carbonyl (C=O) groups excluding carboxylic acids is 1. The highest BCUT2D eigenvalue weighted by molar-refractivity contribution is 5.83. The van der Waals surface area contributed by atoms with E-state index >= 15 is 0 Å². The van der Waals surface area contributed by atoms with Crippen molar-refractivity contribution in [1.29, 1.82) is 0 Å². The molecule has 8 heteroatoms. The second-order valence-electron chi connectivity index (χ2n) is 3.29. The highest BCUT2D eigenvalue weighted by Gasteiger charge is 2.16. The van der Waals surface area contributed by atoms with E-state index in [-0.39, 0.29) is 18.9 Å². The van der Waals surface area contributed by atoms with Gasteiger partial charge in [-0.1, -0.05) is 0 Å². The van der Waals surface area contributed by atoms with Crippen LogP contribution in [-0.2, 0) is 7.02 Å². The number of hydrogen-bond donors (Lipinski definition) is 2. The molecule has 17 heavy (non-hydrogen) atoms. The summed E-state index contributed by atoms with van der Waals surface area (Å²) in [5.74, 6) is 0.646. The molecule has 0 saturated carbocycles. The van der Waals surface area contributed by atoms with Crippen molar-refractivity contribution in [2.45, 2.75) is 6.92 Å². The Morgan fingerprint density at radius 2 is 2.29 bits per heavy atom. The van der Waals surface area contributed by atoms with Gasteiger partial charge in [0, 0.05) is 15.4 Å². The van der Waals surface area contributed by atoms with Gasteiger partial charge in [0.05, 0.1) is 0 Å². The Morgan fingerprint density at radius 3 is 2.94 bits per heavy atom. The summed E-state index contributed by atoms with van der Waals surface area (Å²) in [7, 11) is 1.23. The second-order valence-corrected chi connectivity index (χ2v) is 3.29. The predicted molar refractivity (Wildman–Crippen MR) is 60.5 cm³/mol. The van der Waals surface area contributed by atoms with Gasteiger partial charge >= 0.3 is 12.1 Å². The molecular weight excluding hydrogens is 224 g/mol. The molecule has 1 amide bonds. The van der Waals surface area contributed by atoms with Crippen LogP contribution in [0.5, 0.6) is 6.01 Å². The van der Waals surface area contributed by atoms with Gasteiger partial charge in [-0.25, -0.2) is 14.8 Å². The Hall–Kier alpha value is -2.38. The Balaban J connectivity index is 2.61.